The second-order valence-electron chi connectivity index (χ2n) is 3.03. The van der Waals surface area contributed by atoms with E-state index >= 15 is 0 Å². The SMILES string of the molecule is C=CCCC(CCl)CCCC. The average molecular weight is 175 g/mol. The van der Waals surface area contributed by atoms with E-state index < -0.39 is 0 Å². The van der Waals surface area contributed by atoms with Gasteiger partial charge in [-0.1, -0.05) is 25.8 Å². The molecule has 0 rings (SSSR count). The molecule has 0 aliphatic rings. The third-order valence-electron chi connectivity index (χ3n) is 1.96. The number of hydrogen-bond donors (Lipinski definition) is 0. The average Bonchev–Trinajstić information content (AvgIpc) is 2.05. The van der Waals surface area contributed by atoms with Gasteiger partial charge in [-0.15, -0.1) is 18.2 Å². The molecule has 0 aliphatic carbocycles. The number of unbranched alkanes of at least 4 members (excludes halogenated alkanes) is 1. The van der Waals surface area contributed by atoms with Gasteiger partial charge in [0.2, 0.25) is 0 Å². The Morgan fingerprint density at radius 1 is 1.45 bits per heavy atom. The molecule has 1 unspecified atom stereocenters. The fourth-order valence-electron chi connectivity index (χ4n) is 1.14. The van der Waals surface area contributed by atoms with Gasteiger partial charge < -0.3 is 0 Å². The van der Waals surface area contributed by atoms with Crippen molar-refractivity contribution in [2.75, 3.05) is 5.88 Å². The van der Waals surface area contributed by atoms with Crippen LogP contribution < -0.4 is 0 Å². The lowest BCUT2D eigenvalue weighted by atomic mass is 9.99. The Balaban J connectivity index is 3.32. The van der Waals surface area contributed by atoms with Crippen molar-refractivity contribution in [2.45, 2.75) is 39.0 Å². The van der Waals surface area contributed by atoms with Crippen LogP contribution in [0.2, 0.25) is 0 Å². The van der Waals surface area contributed by atoms with E-state index in [-0.39, 0.29) is 0 Å². The van der Waals surface area contributed by atoms with E-state index in [1.165, 1.54) is 25.7 Å². The van der Waals surface area contributed by atoms with E-state index in [1.807, 2.05) is 6.08 Å². The lowest BCUT2D eigenvalue weighted by Crippen LogP contribution is -2.01. The Morgan fingerprint density at radius 2 is 2.18 bits per heavy atom. The Kier molecular flexibility index (Phi) is 8.15. The van der Waals surface area contributed by atoms with Crippen LogP contribution in [0, 0.1) is 5.92 Å². The summed E-state index contributed by atoms with van der Waals surface area (Å²) in [5, 5.41) is 0. The molecule has 0 heterocycles. The van der Waals surface area contributed by atoms with Crippen LogP contribution in [0.3, 0.4) is 0 Å². The van der Waals surface area contributed by atoms with Crippen LogP contribution in [-0.4, -0.2) is 5.88 Å². The molecule has 0 saturated carbocycles. The summed E-state index contributed by atoms with van der Waals surface area (Å²) in [6, 6.07) is 0. The predicted molar refractivity (Wildman–Crippen MR) is 53.2 cm³/mol. The molecule has 11 heavy (non-hydrogen) atoms. The van der Waals surface area contributed by atoms with Crippen LogP contribution in [0.25, 0.3) is 0 Å². The Hall–Kier alpha value is 0.0300. The standard InChI is InChI=1S/C10H19Cl/c1-3-5-7-10(9-11)8-6-4-2/h3,10H,1,4-9H2,2H3. The number of halogens is 1. The monoisotopic (exact) mass is 174 g/mol. The molecule has 0 aromatic carbocycles. The van der Waals surface area contributed by atoms with Crippen LogP contribution >= 0.6 is 11.6 Å². The minimum atomic E-state index is 0.717. The van der Waals surface area contributed by atoms with Crippen molar-refractivity contribution in [3.8, 4) is 0 Å². The molecule has 0 bridgehead atoms. The molecule has 0 fully saturated rings. The number of allylic oxidation sites excluding steroid dienone is 1. The lowest BCUT2D eigenvalue weighted by molar-refractivity contribution is 0.481. The molecule has 0 N–H and O–H groups in total. The van der Waals surface area contributed by atoms with Crippen molar-refractivity contribution < 1.29 is 0 Å². The van der Waals surface area contributed by atoms with Crippen LogP contribution in [0.1, 0.15) is 39.0 Å². The summed E-state index contributed by atoms with van der Waals surface area (Å²) in [5.41, 5.74) is 0. The van der Waals surface area contributed by atoms with E-state index in [0.29, 0.717) is 0 Å². The number of rotatable bonds is 7. The second kappa shape index (κ2) is 8.13. The van der Waals surface area contributed by atoms with Gasteiger partial charge in [0.15, 0.2) is 0 Å². The Labute approximate surface area is 75.6 Å². The summed E-state index contributed by atoms with van der Waals surface area (Å²) >= 11 is 5.80. The third-order valence-corrected chi connectivity index (χ3v) is 2.40. The molecule has 0 amide bonds. The zero-order valence-electron chi connectivity index (χ0n) is 7.48. The van der Waals surface area contributed by atoms with Crippen LogP contribution in [0.15, 0.2) is 12.7 Å². The first-order valence-corrected chi connectivity index (χ1v) is 5.05. The molecule has 0 nitrogen and oxygen atoms in total. The highest BCUT2D eigenvalue weighted by atomic mass is 35.5. The van der Waals surface area contributed by atoms with Gasteiger partial charge in [0.1, 0.15) is 0 Å². The first-order valence-electron chi connectivity index (χ1n) is 4.52. The summed E-state index contributed by atoms with van der Waals surface area (Å²) < 4.78 is 0. The summed E-state index contributed by atoms with van der Waals surface area (Å²) in [6.07, 6.45) is 8.18. The largest absolute Gasteiger partial charge is 0.126 e. The molecule has 1 heteroatoms. The highest BCUT2D eigenvalue weighted by molar-refractivity contribution is 6.18. The minimum absolute atomic E-state index is 0.717. The zero-order valence-corrected chi connectivity index (χ0v) is 8.24. The van der Waals surface area contributed by atoms with E-state index in [2.05, 4.69) is 13.5 Å². The van der Waals surface area contributed by atoms with Gasteiger partial charge in [-0.2, -0.15) is 0 Å². The van der Waals surface area contributed by atoms with Crippen molar-refractivity contribution in [3.63, 3.8) is 0 Å². The Morgan fingerprint density at radius 3 is 2.64 bits per heavy atom. The van der Waals surface area contributed by atoms with Gasteiger partial charge in [-0.05, 0) is 25.2 Å². The summed E-state index contributed by atoms with van der Waals surface area (Å²) in [7, 11) is 0. The molecular weight excluding hydrogens is 156 g/mol. The van der Waals surface area contributed by atoms with Crippen LogP contribution in [-0.2, 0) is 0 Å². The normalized spacial score (nSPS) is 12.9. The van der Waals surface area contributed by atoms with Crippen molar-refractivity contribution >= 4 is 11.6 Å². The molecule has 0 aliphatic heterocycles. The molecular formula is C10H19Cl. The first kappa shape index (κ1) is 11.0. The molecule has 0 radical (unpaired) electrons. The smallest absolute Gasteiger partial charge is 0.0251 e. The minimum Gasteiger partial charge on any atom is -0.126 e. The van der Waals surface area contributed by atoms with Gasteiger partial charge in [-0.25, -0.2) is 0 Å². The fraction of sp³-hybridized carbons (Fsp3) is 0.800. The first-order chi connectivity index (χ1) is 5.35. The number of hydrogen-bond acceptors (Lipinski definition) is 0. The molecule has 66 valence electrons. The number of alkyl halides is 1. The van der Waals surface area contributed by atoms with Crippen LogP contribution in [0.4, 0.5) is 0 Å². The summed E-state index contributed by atoms with van der Waals surface area (Å²) in [6.45, 7) is 5.93. The molecule has 0 spiro atoms. The maximum atomic E-state index is 5.80. The van der Waals surface area contributed by atoms with Gasteiger partial charge in [0.05, 0.1) is 0 Å². The van der Waals surface area contributed by atoms with E-state index in [1.54, 1.807) is 0 Å². The predicted octanol–water partition coefficient (Wildman–Crippen LogP) is 4.00. The molecule has 0 aromatic heterocycles. The topological polar surface area (TPSA) is 0 Å². The zero-order chi connectivity index (χ0) is 8.53. The highest BCUT2D eigenvalue weighted by Crippen LogP contribution is 2.16. The summed E-state index contributed by atoms with van der Waals surface area (Å²) in [4.78, 5) is 0. The van der Waals surface area contributed by atoms with E-state index in [9.17, 15) is 0 Å². The van der Waals surface area contributed by atoms with Crippen molar-refractivity contribution in [3.05, 3.63) is 12.7 Å². The maximum absolute atomic E-state index is 5.80. The quantitative estimate of drug-likeness (QED) is 0.404. The third kappa shape index (κ3) is 6.43. The Bertz CT molecular complexity index is 88.9. The van der Waals surface area contributed by atoms with Gasteiger partial charge in [0, 0.05) is 5.88 Å². The van der Waals surface area contributed by atoms with Gasteiger partial charge >= 0.3 is 0 Å². The summed E-state index contributed by atoms with van der Waals surface area (Å²) in [5.74, 6) is 1.53. The second-order valence-corrected chi connectivity index (χ2v) is 3.34. The highest BCUT2D eigenvalue weighted by Gasteiger charge is 2.04. The molecule has 1 atom stereocenters. The van der Waals surface area contributed by atoms with Crippen LogP contribution in [0.5, 0.6) is 0 Å². The van der Waals surface area contributed by atoms with Crippen molar-refractivity contribution in [1.29, 1.82) is 0 Å². The van der Waals surface area contributed by atoms with Crippen molar-refractivity contribution in [1.82, 2.24) is 0 Å². The lowest BCUT2D eigenvalue weighted by Gasteiger charge is -2.10. The van der Waals surface area contributed by atoms with E-state index in [4.69, 9.17) is 11.6 Å². The maximum Gasteiger partial charge on any atom is 0.0251 e. The van der Waals surface area contributed by atoms with Crippen molar-refractivity contribution in [2.24, 2.45) is 5.92 Å². The molecule has 0 aromatic rings. The fourth-order valence-corrected chi connectivity index (χ4v) is 1.45. The molecule has 0 saturated heterocycles. The van der Waals surface area contributed by atoms with Gasteiger partial charge in [0.25, 0.3) is 0 Å². The van der Waals surface area contributed by atoms with E-state index in [0.717, 1.165) is 18.2 Å². The van der Waals surface area contributed by atoms with Gasteiger partial charge in [-0.3, -0.25) is 0 Å².